The minimum atomic E-state index is -0.891. The SMILES string of the molecule is CC[C@H](C)[C@@H](CN)N(C(=O)O)C(C)(C)C. The van der Waals surface area contributed by atoms with E-state index < -0.39 is 11.6 Å². The highest BCUT2D eigenvalue weighted by atomic mass is 16.4. The molecule has 0 aromatic carbocycles. The maximum atomic E-state index is 11.2. The van der Waals surface area contributed by atoms with Crippen molar-refractivity contribution in [3.05, 3.63) is 0 Å². The lowest BCUT2D eigenvalue weighted by atomic mass is 9.93. The number of hydrogen-bond donors (Lipinski definition) is 2. The zero-order chi connectivity index (χ0) is 12.2. The molecule has 0 aliphatic heterocycles. The standard InChI is InChI=1S/C11H24N2O2/c1-6-8(2)9(7-12)13(10(14)15)11(3,4)5/h8-9H,6-7,12H2,1-5H3,(H,14,15)/t8-,9+/m0/s1. The van der Waals surface area contributed by atoms with Crippen LogP contribution in [0.25, 0.3) is 0 Å². The van der Waals surface area contributed by atoms with Gasteiger partial charge in [0.15, 0.2) is 0 Å². The molecule has 2 atom stereocenters. The van der Waals surface area contributed by atoms with E-state index in [9.17, 15) is 9.90 Å². The van der Waals surface area contributed by atoms with Gasteiger partial charge in [0.25, 0.3) is 0 Å². The summed E-state index contributed by atoms with van der Waals surface area (Å²) < 4.78 is 0. The topological polar surface area (TPSA) is 66.6 Å². The molecule has 0 fully saturated rings. The number of nitrogens with two attached hydrogens (primary N) is 1. The fourth-order valence-corrected chi connectivity index (χ4v) is 1.79. The van der Waals surface area contributed by atoms with Crippen molar-refractivity contribution in [2.45, 2.75) is 52.6 Å². The van der Waals surface area contributed by atoms with Gasteiger partial charge in [-0.25, -0.2) is 4.79 Å². The molecule has 0 aromatic heterocycles. The van der Waals surface area contributed by atoms with E-state index in [-0.39, 0.29) is 12.0 Å². The molecule has 0 bridgehead atoms. The van der Waals surface area contributed by atoms with Crippen molar-refractivity contribution in [1.29, 1.82) is 0 Å². The molecule has 0 aliphatic carbocycles. The summed E-state index contributed by atoms with van der Waals surface area (Å²) in [6.07, 6.45) is 0.0418. The van der Waals surface area contributed by atoms with Crippen LogP contribution in [0.5, 0.6) is 0 Å². The fraction of sp³-hybridized carbons (Fsp3) is 0.909. The van der Waals surface area contributed by atoms with E-state index in [1.165, 1.54) is 4.90 Å². The number of amides is 1. The van der Waals surface area contributed by atoms with Gasteiger partial charge in [0.05, 0.1) is 6.04 Å². The van der Waals surface area contributed by atoms with Crippen LogP contribution < -0.4 is 5.73 Å². The molecule has 0 saturated heterocycles. The Kier molecular flexibility index (Phi) is 5.08. The van der Waals surface area contributed by atoms with Crippen LogP contribution in [0.3, 0.4) is 0 Å². The van der Waals surface area contributed by atoms with Gasteiger partial charge in [0.2, 0.25) is 0 Å². The summed E-state index contributed by atoms with van der Waals surface area (Å²) in [6.45, 7) is 10.2. The number of carboxylic acid groups (broad SMARTS) is 1. The summed E-state index contributed by atoms with van der Waals surface area (Å²) in [7, 11) is 0. The predicted molar refractivity (Wildman–Crippen MR) is 61.9 cm³/mol. The van der Waals surface area contributed by atoms with Crippen molar-refractivity contribution in [2.24, 2.45) is 11.7 Å². The van der Waals surface area contributed by atoms with E-state index in [2.05, 4.69) is 6.92 Å². The Morgan fingerprint density at radius 3 is 2.13 bits per heavy atom. The molecule has 15 heavy (non-hydrogen) atoms. The quantitative estimate of drug-likeness (QED) is 0.756. The second kappa shape index (κ2) is 5.35. The molecule has 4 nitrogen and oxygen atoms in total. The number of hydrogen-bond acceptors (Lipinski definition) is 2. The predicted octanol–water partition coefficient (Wildman–Crippen LogP) is 2.14. The summed E-state index contributed by atoms with van der Waals surface area (Å²) >= 11 is 0. The molecule has 0 aliphatic rings. The van der Waals surface area contributed by atoms with Crippen LogP contribution in [0.15, 0.2) is 0 Å². The van der Waals surface area contributed by atoms with Crippen LogP contribution in [0.4, 0.5) is 4.79 Å². The third-order valence-corrected chi connectivity index (χ3v) is 2.80. The van der Waals surface area contributed by atoms with Gasteiger partial charge in [-0.15, -0.1) is 0 Å². The first-order valence-electron chi connectivity index (χ1n) is 5.48. The Bertz CT molecular complexity index is 211. The number of carbonyl (C=O) groups is 1. The molecule has 0 unspecified atom stereocenters. The van der Waals surface area contributed by atoms with Crippen molar-refractivity contribution < 1.29 is 9.90 Å². The van der Waals surface area contributed by atoms with E-state index in [1.54, 1.807) is 0 Å². The Morgan fingerprint density at radius 2 is 1.93 bits per heavy atom. The van der Waals surface area contributed by atoms with Crippen molar-refractivity contribution in [2.75, 3.05) is 6.54 Å². The van der Waals surface area contributed by atoms with Crippen molar-refractivity contribution in [3.8, 4) is 0 Å². The van der Waals surface area contributed by atoms with Crippen LogP contribution in [0.2, 0.25) is 0 Å². The second-order valence-corrected chi connectivity index (χ2v) is 5.01. The van der Waals surface area contributed by atoms with Gasteiger partial charge in [0, 0.05) is 12.1 Å². The Balaban J connectivity index is 4.96. The summed E-state index contributed by atoms with van der Waals surface area (Å²) in [5.74, 6) is 0.283. The van der Waals surface area contributed by atoms with E-state index in [1.807, 2.05) is 27.7 Å². The smallest absolute Gasteiger partial charge is 0.408 e. The molecule has 90 valence electrons. The largest absolute Gasteiger partial charge is 0.465 e. The highest BCUT2D eigenvalue weighted by Crippen LogP contribution is 2.23. The molecule has 0 aromatic rings. The van der Waals surface area contributed by atoms with Gasteiger partial charge < -0.3 is 10.8 Å². The molecule has 0 spiro atoms. The third-order valence-electron chi connectivity index (χ3n) is 2.80. The van der Waals surface area contributed by atoms with Gasteiger partial charge in [-0.2, -0.15) is 0 Å². The van der Waals surface area contributed by atoms with Gasteiger partial charge >= 0.3 is 6.09 Å². The van der Waals surface area contributed by atoms with E-state index in [0.29, 0.717) is 6.54 Å². The molecule has 0 saturated carbocycles. The van der Waals surface area contributed by atoms with E-state index in [4.69, 9.17) is 5.73 Å². The van der Waals surface area contributed by atoms with Crippen LogP contribution >= 0.6 is 0 Å². The molecule has 0 rings (SSSR count). The number of rotatable bonds is 4. The summed E-state index contributed by atoms with van der Waals surface area (Å²) in [5.41, 5.74) is 5.28. The Hall–Kier alpha value is -0.770. The van der Waals surface area contributed by atoms with E-state index in [0.717, 1.165) is 6.42 Å². The van der Waals surface area contributed by atoms with Crippen molar-refractivity contribution in [3.63, 3.8) is 0 Å². The maximum absolute atomic E-state index is 11.2. The highest BCUT2D eigenvalue weighted by Gasteiger charge is 2.34. The first-order chi connectivity index (χ1) is 6.75. The Morgan fingerprint density at radius 1 is 1.47 bits per heavy atom. The van der Waals surface area contributed by atoms with Crippen LogP contribution in [0, 0.1) is 5.92 Å². The lowest BCUT2D eigenvalue weighted by molar-refractivity contribution is 0.0536. The van der Waals surface area contributed by atoms with Gasteiger partial charge in [-0.3, -0.25) is 4.90 Å². The van der Waals surface area contributed by atoms with Crippen LogP contribution in [-0.4, -0.2) is 34.2 Å². The average molecular weight is 216 g/mol. The molecule has 4 heteroatoms. The lowest BCUT2D eigenvalue weighted by Gasteiger charge is -2.41. The summed E-state index contributed by atoms with van der Waals surface area (Å²) in [6, 6.07) is -0.104. The van der Waals surface area contributed by atoms with Gasteiger partial charge in [-0.1, -0.05) is 20.3 Å². The molecule has 0 radical (unpaired) electrons. The molecular formula is C11H24N2O2. The first-order valence-corrected chi connectivity index (χ1v) is 5.48. The molecule has 3 N–H and O–H groups in total. The normalized spacial score (nSPS) is 15.9. The van der Waals surface area contributed by atoms with Crippen molar-refractivity contribution in [1.82, 2.24) is 4.90 Å². The highest BCUT2D eigenvalue weighted by molar-refractivity contribution is 5.66. The van der Waals surface area contributed by atoms with E-state index >= 15 is 0 Å². The average Bonchev–Trinajstić information content (AvgIpc) is 2.09. The monoisotopic (exact) mass is 216 g/mol. The van der Waals surface area contributed by atoms with Crippen LogP contribution in [0.1, 0.15) is 41.0 Å². The molecular weight excluding hydrogens is 192 g/mol. The number of nitrogens with zero attached hydrogens (tertiary/aromatic N) is 1. The molecule has 0 heterocycles. The second-order valence-electron chi connectivity index (χ2n) is 5.01. The third kappa shape index (κ3) is 3.70. The van der Waals surface area contributed by atoms with Crippen molar-refractivity contribution >= 4 is 6.09 Å². The molecule has 1 amide bonds. The van der Waals surface area contributed by atoms with Gasteiger partial charge in [0.1, 0.15) is 0 Å². The maximum Gasteiger partial charge on any atom is 0.408 e. The summed E-state index contributed by atoms with van der Waals surface area (Å²) in [5, 5.41) is 9.23. The van der Waals surface area contributed by atoms with Gasteiger partial charge in [-0.05, 0) is 26.7 Å². The zero-order valence-corrected chi connectivity index (χ0v) is 10.4. The minimum absolute atomic E-state index is 0.104. The lowest BCUT2D eigenvalue weighted by Crippen LogP contribution is -2.56. The zero-order valence-electron chi connectivity index (χ0n) is 10.4. The Labute approximate surface area is 92.4 Å². The fourth-order valence-electron chi connectivity index (χ4n) is 1.79. The summed E-state index contributed by atoms with van der Waals surface area (Å²) in [4.78, 5) is 12.7. The first kappa shape index (κ1) is 14.2. The van der Waals surface area contributed by atoms with Crippen LogP contribution in [-0.2, 0) is 0 Å². The minimum Gasteiger partial charge on any atom is -0.465 e.